The number of hydrogen-bond donors (Lipinski definition) is 3. The Labute approximate surface area is 166 Å². The molecule has 3 aromatic rings. The first-order valence-corrected chi connectivity index (χ1v) is 9.00. The first kappa shape index (κ1) is 19.6. The lowest BCUT2D eigenvalue weighted by Gasteiger charge is -2.12. The van der Waals surface area contributed by atoms with E-state index in [1.54, 1.807) is 44.6 Å². The van der Waals surface area contributed by atoms with Crippen molar-refractivity contribution in [2.75, 3.05) is 26.1 Å². The molecule has 1 heterocycles. The molecule has 0 aliphatic rings. The van der Waals surface area contributed by atoms with Crippen molar-refractivity contribution < 1.29 is 13.9 Å². The van der Waals surface area contributed by atoms with E-state index in [1.807, 2.05) is 0 Å². The van der Waals surface area contributed by atoms with Crippen molar-refractivity contribution in [3.05, 3.63) is 64.2 Å². The molecule has 0 fully saturated rings. The van der Waals surface area contributed by atoms with Gasteiger partial charge in [-0.05, 0) is 61.1 Å². The van der Waals surface area contributed by atoms with Crippen LogP contribution in [0.15, 0.2) is 47.3 Å². The Hall–Kier alpha value is -3.13. The fourth-order valence-electron chi connectivity index (χ4n) is 2.84. The molecule has 3 rings (SSSR count). The second-order valence-corrected chi connectivity index (χ2v) is 6.43. The van der Waals surface area contributed by atoms with Gasteiger partial charge < -0.3 is 25.1 Å². The molecule has 0 saturated heterocycles. The molecular weight excluding hydrogens is 381 g/mol. The normalized spacial score (nSPS) is 10.5. The molecule has 0 bridgehead atoms. The van der Waals surface area contributed by atoms with Gasteiger partial charge >= 0.3 is 0 Å². The molecule has 0 saturated carbocycles. The van der Waals surface area contributed by atoms with Gasteiger partial charge in [-0.1, -0.05) is 0 Å². The van der Waals surface area contributed by atoms with E-state index in [4.69, 9.17) is 21.7 Å². The molecule has 0 aliphatic heterocycles. The summed E-state index contributed by atoms with van der Waals surface area (Å²) in [6.07, 6.45) is 0.455. The van der Waals surface area contributed by atoms with E-state index in [2.05, 4.69) is 15.6 Å². The van der Waals surface area contributed by atoms with Crippen LogP contribution in [-0.2, 0) is 6.42 Å². The average Bonchev–Trinajstić information content (AvgIpc) is 2.69. The van der Waals surface area contributed by atoms with Crippen molar-refractivity contribution >= 4 is 33.9 Å². The van der Waals surface area contributed by atoms with Gasteiger partial charge in [-0.15, -0.1) is 0 Å². The lowest BCUT2D eigenvalue weighted by atomic mass is 10.1. The second kappa shape index (κ2) is 8.71. The van der Waals surface area contributed by atoms with Gasteiger partial charge in [0.1, 0.15) is 17.3 Å². The van der Waals surface area contributed by atoms with Gasteiger partial charge in [0, 0.05) is 23.2 Å². The average molecular weight is 401 g/mol. The van der Waals surface area contributed by atoms with Gasteiger partial charge in [-0.25, -0.2) is 4.39 Å². The van der Waals surface area contributed by atoms with Crippen LogP contribution in [0.2, 0.25) is 0 Å². The molecule has 0 unspecified atom stereocenters. The maximum absolute atomic E-state index is 12.9. The predicted octanol–water partition coefficient (Wildman–Crippen LogP) is 3.21. The number of aromatic amines is 1. The van der Waals surface area contributed by atoms with Crippen LogP contribution in [0.5, 0.6) is 11.5 Å². The summed E-state index contributed by atoms with van der Waals surface area (Å²) in [5.74, 6) is 0.907. The number of methoxy groups -OCH3 is 2. The van der Waals surface area contributed by atoms with Crippen molar-refractivity contribution in [3.8, 4) is 11.5 Å². The maximum Gasteiger partial charge on any atom is 0.251 e. The molecule has 0 atom stereocenters. The van der Waals surface area contributed by atoms with Gasteiger partial charge in [-0.2, -0.15) is 0 Å². The van der Waals surface area contributed by atoms with Crippen molar-refractivity contribution in [2.24, 2.45) is 0 Å². The van der Waals surface area contributed by atoms with Crippen LogP contribution in [-0.4, -0.2) is 30.9 Å². The summed E-state index contributed by atoms with van der Waals surface area (Å²) in [4.78, 5) is 15.3. The number of fused-ring (bicyclic) bond motifs is 1. The molecule has 1 aromatic heterocycles. The molecule has 0 aliphatic carbocycles. The highest BCUT2D eigenvalue weighted by atomic mass is 32.1. The molecule has 6 nitrogen and oxygen atoms in total. The Balaban J connectivity index is 1.70. The van der Waals surface area contributed by atoms with Crippen LogP contribution >= 0.6 is 12.2 Å². The van der Waals surface area contributed by atoms with E-state index in [0.29, 0.717) is 46.3 Å². The fraction of sp³-hybridized carbons (Fsp3) is 0.200. The summed E-state index contributed by atoms with van der Waals surface area (Å²) in [6.45, 7) is 0.452. The van der Waals surface area contributed by atoms with E-state index < -0.39 is 0 Å². The number of anilines is 1. The third-order valence-corrected chi connectivity index (χ3v) is 4.48. The summed E-state index contributed by atoms with van der Waals surface area (Å²) in [7, 11) is 3.12. The molecule has 146 valence electrons. The lowest BCUT2D eigenvalue weighted by molar-refractivity contribution is 0.409. The van der Waals surface area contributed by atoms with E-state index in [1.165, 1.54) is 12.1 Å². The zero-order valence-electron chi connectivity index (χ0n) is 15.5. The Kier molecular flexibility index (Phi) is 6.10. The first-order chi connectivity index (χ1) is 13.5. The number of thiocarbonyl (C=S) groups is 1. The number of benzene rings is 2. The van der Waals surface area contributed by atoms with E-state index in [9.17, 15) is 9.18 Å². The smallest absolute Gasteiger partial charge is 0.251 e. The standard InChI is InChI=1S/C20H20FN3O3S/c1-26-16-7-8-17(27-2)18-15(16)11-12(19(25)24-18)9-10-22-20(28)23-14-5-3-13(21)4-6-14/h3-8,11H,9-10H2,1-2H3,(H,24,25)(H2,22,23,28). The number of ether oxygens (including phenoxy) is 2. The molecule has 0 amide bonds. The third-order valence-electron chi connectivity index (χ3n) is 4.24. The number of rotatable bonds is 6. The number of nitrogens with one attached hydrogen (secondary N) is 3. The van der Waals surface area contributed by atoms with Crippen molar-refractivity contribution in [1.29, 1.82) is 0 Å². The fourth-order valence-corrected chi connectivity index (χ4v) is 3.06. The Morgan fingerprint density at radius 3 is 2.46 bits per heavy atom. The predicted molar refractivity (Wildman–Crippen MR) is 112 cm³/mol. The Bertz CT molecular complexity index is 1050. The summed E-state index contributed by atoms with van der Waals surface area (Å²) in [6, 6.07) is 11.2. The maximum atomic E-state index is 12.9. The van der Waals surface area contributed by atoms with E-state index >= 15 is 0 Å². The van der Waals surface area contributed by atoms with E-state index in [0.717, 1.165) is 5.39 Å². The molecule has 28 heavy (non-hydrogen) atoms. The molecule has 8 heteroatoms. The second-order valence-electron chi connectivity index (χ2n) is 6.02. The summed E-state index contributed by atoms with van der Waals surface area (Å²) in [5.41, 5.74) is 1.67. The first-order valence-electron chi connectivity index (χ1n) is 8.59. The van der Waals surface area contributed by atoms with Gasteiger partial charge in [-0.3, -0.25) is 4.79 Å². The highest BCUT2D eigenvalue weighted by Gasteiger charge is 2.11. The van der Waals surface area contributed by atoms with E-state index in [-0.39, 0.29) is 11.4 Å². The number of pyridine rings is 1. The minimum absolute atomic E-state index is 0.196. The topological polar surface area (TPSA) is 75.4 Å². The van der Waals surface area contributed by atoms with Crippen LogP contribution in [0.1, 0.15) is 5.56 Å². The summed E-state index contributed by atoms with van der Waals surface area (Å²) < 4.78 is 23.6. The van der Waals surface area contributed by atoms with Crippen LogP contribution in [0.4, 0.5) is 10.1 Å². The molecule has 3 N–H and O–H groups in total. The largest absolute Gasteiger partial charge is 0.496 e. The van der Waals surface area contributed by atoms with Crippen molar-refractivity contribution in [3.63, 3.8) is 0 Å². The monoisotopic (exact) mass is 401 g/mol. The van der Waals surface area contributed by atoms with Gasteiger partial charge in [0.05, 0.1) is 19.7 Å². The van der Waals surface area contributed by atoms with Crippen LogP contribution in [0.25, 0.3) is 10.9 Å². The Morgan fingerprint density at radius 1 is 1.11 bits per heavy atom. The molecule has 0 spiro atoms. The number of aromatic nitrogens is 1. The summed E-state index contributed by atoms with van der Waals surface area (Å²) in [5, 5.41) is 7.16. The molecule has 2 aromatic carbocycles. The molecular formula is C20H20FN3O3S. The minimum atomic E-state index is -0.313. The highest BCUT2D eigenvalue weighted by Crippen LogP contribution is 2.31. The van der Waals surface area contributed by atoms with Crippen molar-refractivity contribution in [2.45, 2.75) is 6.42 Å². The summed E-state index contributed by atoms with van der Waals surface area (Å²) >= 11 is 5.23. The zero-order valence-corrected chi connectivity index (χ0v) is 16.3. The van der Waals surface area contributed by atoms with Gasteiger partial charge in [0.25, 0.3) is 5.56 Å². The van der Waals surface area contributed by atoms with Gasteiger partial charge in [0.2, 0.25) is 0 Å². The zero-order chi connectivity index (χ0) is 20.1. The third kappa shape index (κ3) is 4.40. The molecule has 0 radical (unpaired) electrons. The number of halogens is 1. The van der Waals surface area contributed by atoms with Crippen LogP contribution in [0.3, 0.4) is 0 Å². The van der Waals surface area contributed by atoms with Crippen LogP contribution < -0.4 is 25.7 Å². The van der Waals surface area contributed by atoms with Crippen LogP contribution in [0, 0.1) is 5.82 Å². The minimum Gasteiger partial charge on any atom is -0.496 e. The number of hydrogen-bond acceptors (Lipinski definition) is 4. The van der Waals surface area contributed by atoms with Gasteiger partial charge in [0.15, 0.2) is 5.11 Å². The SMILES string of the molecule is COc1ccc(OC)c2[nH]c(=O)c(CCNC(=S)Nc3ccc(F)cc3)cc12. The lowest BCUT2D eigenvalue weighted by Crippen LogP contribution is -2.31. The Morgan fingerprint density at radius 2 is 1.79 bits per heavy atom. The quantitative estimate of drug-likeness (QED) is 0.551. The highest BCUT2D eigenvalue weighted by molar-refractivity contribution is 7.80. The number of H-pyrrole nitrogens is 1. The van der Waals surface area contributed by atoms with Crippen molar-refractivity contribution in [1.82, 2.24) is 10.3 Å².